The van der Waals surface area contributed by atoms with Crippen LogP contribution in [0.15, 0.2) is 48.8 Å². The number of likely N-dealkylation sites (N-methyl/N-ethyl adjacent to an activating group) is 1. The number of rotatable bonds is 4. The van der Waals surface area contributed by atoms with Gasteiger partial charge in [-0.05, 0) is 37.4 Å². The predicted molar refractivity (Wildman–Crippen MR) is 77.9 cm³/mol. The molecule has 0 amide bonds. The van der Waals surface area contributed by atoms with Crippen molar-refractivity contribution in [1.82, 2.24) is 14.9 Å². The van der Waals surface area contributed by atoms with Crippen LogP contribution < -0.4 is 5.32 Å². The number of fused-ring (bicyclic) bond motifs is 1. The molecule has 108 valence electrons. The molecular formula is C16H15F2N3. The first kappa shape index (κ1) is 13.7. The first-order chi connectivity index (χ1) is 10.2. The number of hydrogen-bond donors (Lipinski definition) is 1. The normalized spacial score (nSPS) is 12.7. The highest BCUT2D eigenvalue weighted by Crippen LogP contribution is 2.22. The SMILES string of the molecule is CNC(Cn1cnc2ccccc21)c1cc(F)ccc1F. The molecule has 0 spiro atoms. The summed E-state index contributed by atoms with van der Waals surface area (Å²) in [6.07, 6.45) is 1.71. The predicted octanol–water partition coefficient (Wildman–Crippen LogP) is 3.28. The van der Waals surface area contributed by atoms with Gasteiger partial charge in [0.2, 0.25) is 0 Å². The van der Waals surface area contributed by atoms with Crippen molar-refractivity contribution >= 4 is 11.0 Å². The molecule has 1 unspecified atom stereocenters. The lowest BCUT2D eigenvalue weighted by Crippen LogP contribution is -2.23. The summed E-state index contributed by atoms with van der Waals surface area (Å²) in [6, 6.07) is 10.9. The number of halogens is 2. The van der Waals surface area contributed by atoms with E-state index < -0.39 is 11.6 Å². The number of benzene rings is 2. The van der Waals surface area contributed by atoms with Gasteiger partial charge in [-0.3, -0.25) is 0 Å². The molecule has 2 aromatic carbocycles. The minimum Gasteiger partial charge on any atom is -0.329 e. The molecule has 0 aliphatic carbocycles. The third-order valence-corrected chi connectivity index (χ3v) is 3.59. The minimum atomic E-state index is -0.442. The van der Waals surface area contributed by atoms with Gasteiger partial charge in [0, 0.05) is 12.1 Å². The highest BCUT2D eigenvalue weighted by atomic mass is 19.1. The summed E-state index contributed by atoms with van der Waals surface area (Å²) in [5.74, 6) is -0.859. The van der Waals surface area contributed by atoms with E-state index in [9.17, 15) is 8.78 Å². The second-order valence-electron chi connectivity index (χ2n) is 4.89. The van der Waals surface area contributed by atoms with E-state index in [2.05, 4.69) is 10.3 Å². The second-order valence-corrected chi connectivity index (χ2v) is 4.89. The molecule has 3 aromatic rings. The van der Waals surface area contributed by atoms with Crippen molar-refractivity contribution in [2.75, 3.05) is 7.05 Å². The van der Waals surface area contributed by atoms with E-state index in [1.807, 2.05) is 28.8 Å². The van der Waals surface area contributed by atoms with Gasteiger partial charge in [0.25, 0.3) is 0 Å². The Morgan fingerprint density at radius 3 is 2.81 bits per heavy atom. The monoisotopic (exact) mass is 287 g/mol. The van der Waals surface area contributed by atoms with Gasteiger partial charge in [-0.25, -0.2) is 13.8 Å². The van der Waals surface area contributed by atoms with Crippen molar-refractivity contribution in [2.24, 2.45) is 0 Å². The number of imidazole rings is 1. The van der Waals surface area contributed by atoms with Crippen LogP contribution >= 0.6 is 0 Å². The van der Waals surface area contributed by atoms with E-state index >= 15 is 0 Å². The van der Waals surface area contributed by atoms with Gasteiger partial charge in [0.15, 0.2) is 0 Å². The average Bonchev–Trinajstić information content (AvgIpc) is 2.91. The highest BCUT2D eigenvalue weighted by Gasteiger charge is 2.16. The van der Waals surface area contributed by atoms with E-state index in [1.165, 1.54) is 6.07 Å². The number of para-hydroxylation sites is 2. The zero-order valence-electron chi connectivity index (χ0n) is 11.6. The van der Waals surface area contributed by atoms with Crippen LogP contribution in [0.3, 0.4) is 0 Å². The van der Waals surface area contributed by atoms with E-state index in [1.54, 1.807) is 13.4 Å². The van der Waals surface area contributed by atoms with Crippen molar-refractivity contribution in [1.29, 1.82) is 0 Å². The lowest BCUT2D eigenvalue weighted by atomic mass is 10.1. The smallest absolute Gasteiger partial charge is 0.128 e. The third kappa shape index (κ3) is 2.64. The third-order valence-electron chi connectivity index (χ3n) is 3.59. The highest BCUT2D eigenvalue weighted by molar-refractivity contribution is 5.74. The summed E-state index contributed by atoms with van der Waals surface area (Å²) in [4.78, 5) is 4.31. The summed E-state index contributed by atoms with van der Waals surface area (Å²) >= 11 is 0. The molecule has 0 aliphatic rings. The Kier molecular flexibility index (Phi) is 3.66. The Labute approximate surface area is 121 Å². The fourth-order valence-corrected chi connectivity index (χ4v) is 2.48. The maximum Gasteiger partial charge on any atom is 0.128 e. The van der Waals surface area contributed by atoms with Crippen LogP contribution in [-0.2, 0) is 6.54 Å². The minimum absolute atomic E-state index is 0.315. The Balaban J connectivity index is 1.96. The van der Waals surface area contributed by atoms with E-state index in [-0.39, 0.29) is 6.04 Å². The first-order valence-corrected chi connectivity index (χ1v) is 6.71. The molecule has 21 heavy (non-hydrogen) atoms. The Bertz CT molecular complexity index is 767. The fourth-order valence-electron chi connectivity index (χ4n) is 2.48. The van der Waals surface area contributed by atoms with Crippen LogP contribution in [0.1, 0.15) is 11.6 Å². The average molecular weight is 287 g/mol. The van der Waals surface area contributed by atoms with Crippen LogP contribution in [0.4, 0.5) is 8.78 Å². The lowest BCUT2D eigenvalue weighted by Gasteiger charge is -2.18. The fraction of sp³-hybridized carbons (Fsp3) is 0.188. The number of hydrogen-bond acceptors (Lipinski definition) is 2. The molecule has 1 atom stereocenters. The molecule has 1 aromatic heterocycles. The van der Waals surface area contributed by atoms with Crippen LogP contribution in [-0.4, -0.2) is 16.6 Å². The topological polar surface area (TPSA) is 29.9 Å². The van der Waals surface area contributed by atoms with Gasteiger partial charge in [0.05, 0.1) is 23.4 Å². The zero-order valence-corrected chi connectivity index (χ0v) is 11.6. The molecule has 0 saturated carbocycles. The van der Waals surface area contributed by atoms with Crippen molar-refractivity contribution in [3.8, 4) is 0 Å². The van der Waals surface area contributed by atoms with Gasteiger partial charge in [-0.15, -0.1) is 0 Å². The van der Waals surface area contributed by atoms with Gasteiger partial charge < -0.3 is 9.88 Å². The van der Waals surface area contributed by atoms with Crippen LogP contribution in [0, 0.1) is 11.6 Å². The molecule has 0 aliphatic heterocycles. The summed E-state index contributed by atoms with van der Waals surface area (Å²) in [6.45, 7) is 0.470. The molecule has 1 heterocycles. The molecular weight excluding hydrogens is 272 g/mol. The number of nitrogens with one attached hydrogen (secondary N) is 1. The molecule has 0 radical (unpaired) electrons. The Hall–Kier alpha value is -2.27. The summed E-state index contributed by atoms with van der Waals surface area (Å²) in [7, 11) is 1.73. The first-order valence-electron chi connectivity index (χ1n) is 6.71. The van der Waals surface area contributed by atoms with Crippen LogP contribution in [0.2, 0.25) is 0 Å². The molecule has 3 rings (SSSR count). The van der Waals surface area contributed by atoms with Gasteiger partial charge in [0.1, 0.15) is 11.6 Å². The van der Waals surface area contributed by atoms with Crippen LogP contribution in [0.5, 0.6) is 0 Å². The Morgan fingerprint density at radius 2 is 2.00 bits per heavy atom. The summed E-state index contributed by atoms with van der Waals surface area (Å²) in [5.41, 5.74) is 2.16. The van der Waals surface area contributed by atoms with E-state index in [4.69, 9.17) is 0 Å². The van der Waals surface area contributed by atoms with E-state index in [0.717, 1.165) is 23.2 Å². The molecule has 1 N–H and O–H groups in total. The second kappa shape index (κ2) is 5.61. The summed E-state index contributed by atoms with van der Waals surface area (Å²) in [5, 5.41) is 3.03. The number of aromatic nitrogens is 2. The largest absolute Gasteiger partial charge is 0.329 e. The van der Waals surface area contributed by atoms with Crippen molar-refractivity contribution in [3.05, 3.63) is 66.0 Å². The van der Waals surface area contributed by atoms with Crippen molar-refractivity contribution in [2.45, 2.75) is 12.6 Å². The van der Waals surface area contributed by atoms with Gasteiger partial charge in [-0.2, -0.15) is 0 Å². The standard InChI is InChI=1S/C16H15F2N3/c1-19-15(12-8-11(17)6-7-13(12)18)9-21-10-20-14-4-2-3-5-16(14)21/h2-8,10,15,19H,9H2,1H3. The molecule has 0 fully saturated rings. The molecule has 5 heteroatoms. The van der Waals surface area contributed by atoms with Crippen LogP contribution in [0.25, 0.3) is 11.0 Å². The summed E-state index contributed by atoms with van der Waals surface area (Å²) < 4.78 is 29.2. The lowest BCUT2D eigenvalue weighted by molar-refractivity contribution is 0.474. The van der Waals surface area contributed by atoms with Crippen molar-refractivity contribution < 1.29 is 8.78 Å². The quantitative estimate of drug-likeness (QED) is 0.798. The maximum absolute atomic E-state index is 13.9. The maximum atomic E-state index is 13.9. The van der Waals surface area contributed by atoms with Crippen molar-refractivity contribution in [3.63, 3.8) is 0 Å². The van der Waals surface area contributed by atoms with Gasteiger partial charge in [-0.1, -0.05) is 12.1 Å². The molecule has 0 saturated heterocycles. The number of nitrogens with zero attached hydrogens (tertiary/aromatic N) is 2. The van der Waals surface area contributed by atoms with E-state index in [0.29, 0.717) is 12.1 Å². The van der Waals surface area contributed by atoms with Gasteiger partial charge >= 0.3 is 0 Å². The molecule has 3 nitrogen and oxygen atoms in total. The zero-order chi connectivity index (χ0) is 14.8. The Morgan fingerprint density at radius 1 is 1.19 bits per heavy atom. The molecule has 0 bridgehead atoms.